The molecule has 39 heavy (non-hydrogen) atoms. The van der Waals surface area contributed by atoms with Crippen molar-refractivity contribution < 1.29 is 23.8 Å². The Labute approximate surface area is 226 Å². The molecule has 5 unspecified atom stereocenters. The van der Waals surface area contributed by atoms with E-state index in [2.05, 4.69) is 12.1 Å². The van der Waals surface area contributed by atoms with Crippen LogP contribution in [0.1, 0.15) is 37.3 Å². The molecule has 2 bridgehead atoms. The number of anilines is 1. The highest BCUT2D eigenvalue weighted by atomic mass is 16.6. The van der Waals surface area contributed by atoms with Crippen molar-refractivity contribution in [2.45, 2.75) is 43.5 Å². The quantitative estimate of drug-likeness (QED) is 0.421. The summed E-state index contributed by atoms with van der Waals surface area (Å²) in [5.41, 5.74) is -0.328. The lowest BCUT2D eigenvalue weighted by Crippen LogP contribution is -2.51. The van der Waals surface area contributed by atoms with Gasteiger partial charge in [-0.05, 0) is 42.8 Å². The van der Waals surface area contributed by atoms with Gasteiger partial charge in [-0.25, -0.2) is 4.90 Å². The second-order valence-corrected chi connectivity index (χ2v) is 10.4. The van der Waals surface area contributed by atoms with Gasteiger partial charge in [-0.15, -0.1) is 0 Å². The zero-order valence-corrected chi connectivity index (χ0v) is 21.7. The molecule has 3 aliphatic rings. The number of benzene rings is 3. The summed E-state index contributed by atoms with van der Waals surface area (Å²) in [5, 5.41) is 20.0. The molecule has 0 aliphatic carbocycles. The van der Waals surface area contributed by atoms with Crippen molar-refractivity contribution in [3.63, 3.8) is 0 Å². The van der Waals surface area contributed by atoms with Crippen LogP contribution in [0.3, 0.4) is 0 Å². The number of imide groups is 1. The molecule has 3 aliphatic heterocycles. The molecule has 5 atom stereocenters. The first-order valence-electron chi connectivity index (χ1n) is 13.1. The Kier molecular flexibility index (Phi) is 5.91. The van der Waals surface area contributed by atoms with Crippen LogP contribution >= 0.6 is 0 Å². The summed E-state index contributed by atoms with van der Waals surface area (Å²) < 4.78 is 18.6. The van der Waals surface area contributed by atoms with Crippen LogP contribution in [0.15, 0.2) is 60.7 Å². The van der Waals surface area contributed by atoms with Gasteiger partial charge >= 0.3 is 0 Å². The highest BCUT2D eigenvalue weighted by Gasteiger charge is 2.78. The van der Waals surface area contributed by atoms with Crippen LogP contribution in [0.25, 0.3) is 10.8 Å². The summed E-state index contributed by atoms with van der Waals surface area (Å²) in [6, 6.07) is 21.8. The maximum absolute atomic E-state index is 14.2. The van der Waals surface area contributed by atoms with Crippen molar-refractivity contribution in [3.8, 4) is 17.9 Å². The fourth-order valence-corrected chi connectivity index (χ4v) is 7.01. The van der Waals surface area contributed by atoms with Gasteiger partial charge in [-0.2, -0.15) is 10.5 Å². The summed E-state index contributed by atoms with van der Waals surface area (Å²) in [6.45, 7) is 2.24. The third-order valence-electron chi connectivity index (χ3n) is 8.75. The van der Waals surface area contributed by atoms with Crippen molar-refractivity contribution >= 4 is 28.3 Å². The minimum atomic E-state index is -0.919. The molecule has 3 saturated heterocycles. The van der Waals surface area contributed by atoms with Gasteiger partial charge in [0.1, 0.15) is 11.4 Å². The summed E-state index contributed by atoms with van der Waals surface area (Å²) in [6.07, 6.45) is 1.06. The van der Waals surface area contributed by atoms with Gasteiger partial charge in [0.2, 0.25) is 11.8 Å². The normalized spacial score (nSPS) is 28.9. The van der Waals surface area contributed by atoms with Crippen LogP contribution in [-0.2, 0) is 19.1 Å². The Balaban J connectivity index is 1.37. The lowest BCUT2D eigenvalue weighted by Gasteiger charge is -2.36. The summed E-state index contributed by atoms with van der Waals surface area (Å²) >= 11 is 0. The van der Waals surface area contributed by atoms with Gasteiger partial charge in [0.15, 0.2) is 0 Å². The monoisotopic (exact) mass is 521 g/mol. The summed E-state index contributed by atoms with van der Waals surface area (Å²) in [7, 11) is 1.62. The molecule has 3 fully saturated rings. The van der Waals surface area contributed by atoms with Crippen molar-refractivity contribution in [2.75, 3.05) is 18.6 Å². The molecule has 0 N–H and O–H groups in total. The minimum absolute atomic E-state index is 0.270. The van der Waals surface area contributed by atoms with Gasteiger partial charge in [0.05, 0.1) is 59.1 Å². The van der Waals surface area contributed by atoms with E-state index in [0.29, 0.717) is 52.6 Å². The topological polar surface area (TPSA) is 113 Å². The number of hydrogen-bond acceptors (Lipinski definition) is 7. The number of ether oxygens (including phenoxy) is 3. The summed E-state index contributed by atoms with van der Waals surface area (Å²) in [4.78, 5) is 29.7. The number of hydrogen-bond donors (Lipinski definition) is 0. The second-order valence-electron chi connectivity index (χ2n) is 10.4. The fourth-order valence-electron chi connectivity index (χ4n) is 7.01. The van der Waals surface area contributed by atoms with Crippen LogP contribution in [0.5, 0.6) is 5.75 Å². The lowest BCUT2D eigenvalue weighted by atomic mass is 9.64. The second kappa shape index (κ2) is 9.20. The predicted octanol–water partition coefficient (Wildman–Crippen LogP) is 4.49. The molecule has 3 aromatic carbocycles. The number of rotatable bonds is 7. The highest BCUT2D eigenvalue weighted by Crippen LogP contribution is 2.64. The van der Waals surface area contributed by atoms with Crippen molar-refractivity contribution in [3.05, 3.63) is 71.8 Å². The van der Waals surface area contributed by atoms with Crippen molar-refractivity contribution in [1.82, 2.24) is 0 Å². The number of carbonyl (C=O) groups is 2. The first kappa shape index (κ1) is 25.1. The van der Waals surface area contributed by atoms with E-state index in [0.717, 1.165) is 0 Å². The Morgan fingerprint density at radius 3 is 2.36 bits per heavy atom. The van der Waals surface area contributed by atoms with Gasteiger partial charge < -0.3 is 14.2 Å². The van der Waals surface area contributed by atoms with Crippen LogP contribution in [0.4, 0.5) is 5.69 Å². The third kappa shape index (κ3) is 3.49. The molecule has 2 amide bonds. The van der Waals surface area contributed by atoms with E-state index in [9.17, 15) is 14.9 Å². The molecular formula is C31H27N3O5. The smallest absolute Gasteiger partial charge is 0.240 e. The van der Waals surface area contributed by atoms with E-state index in [-0.39, 0.29) is 24.5 Å². The average Bonchev–Trinajstić information content (AvgIpc) is 3.56. The molecule has 0 spiro atoms. The van der Waals surface area contributed by atoms with E-state index < -0.39 is 23.0 Å². The molecule has 3 heterocycles. The molecule has 3 aromatic rings. The molecule has 8 heteroatoms. The van der Waals surface area contributed by atoms with Crippen molar-refractivity contribution in [2.24, 2.45) is 11.8 Å². The Morgan fingerprint density at radius 1 is 0.974 bits per heavy atom. The molecule has 0 radical (unpaired) electrons. The Bertz CT molecular complexity index is 1570. The Hall–Kier alpha value is -4.24. The standard InChI is InChI=1S/C31H27N3O5/c1-3-31-25(37-2)16-30(39-31,14-15-38-21-11-8-19(17-32)9-12-21)26-27(31)29(36)34(28(26)35)24-13-10-20(18-33)22-6-4-5-7-23(22)24/h4-13,25-27H,3,14-16H2,1-2H3. The van der Waals surface area contributed by atoms with Crippen LogP contribution in [0.2, 0.25) is 0 Å². The third-order valence-corrected chi connectivity index (χ3v) is 8.75. The number of nitrogens with zero attached hydrogens (tertiary/aromatic N) is 3. The van der Waals surface area contributed by atoms with Gasteiger partial charge in [-0.3, -0.25) is 9.59 Å². The van der Waals surface area contributed by atoms with Gasteiger partial charge in [0.25, 0.3) is 0 Å². The number of fused-ring (bicyclic) bond motifs is 6. The molecule has 6 rings (SSSR count). The largest absolute Gasteiger partial charge is 0.493 e. The lowest BCUT2D eigenvalue weighted by molar-refractivity contribution is -0.138. The zero-order chi connectivity index (χ0) is 27.4. The molecule has 196 valence electrons. The van der Waals surface area contributed by atoms with Gasteiger partial charge in [0, 0.05) is 30.7 Å². The van der Waals surface area contributed by atoms with E-state index in [1.807, 2.05) is 31.2 Å². The zero-order valence-electron chi connectivity index (χ0n) is 21.7. The molecular weight excluding hydrogens is 494 g/mol. The first-order chi connectivity index (χ1) is 18.9. The van der Waals surface area contributed by atoms with E-state index in [4.69, 9.17) is 19.5 Å². The number of amides is 2. The summed E-state index contributed by atoms with van der Waals surface area (Å²) in [5.74, 6) is -1.32. The van der Waals surface area contributed by atoms with Crippen LogP contribution < -0.4 is 9.64 Å². The predicted molar refractivity (Wildman–Crippen MR) is 142 cm³/mol. The van der Waals surface area contributed by atoms with Crippen LogP contribution in [-0.4, -0.2) is 42.8 Å². The van der Waals surface area contributed by atoms with E-state index in [1.165, 1.54) is 4.90 Å². The Morgan fingerprint density at radius 2 is 1.69 bits per heavy atom. The number of methoxy groups -OCH3 is 1. The maximum atomic E-state index is 14.2. The maximum Gasteiger partial charge on any atom is 0.240 e. The average molecular weight is 522 g/mol. The molecule has 8 nitrogen and oxygen atoms in total. The number of carbonyl (C=O) groups excluding carboxylic acids is 2. The first-order valence-corrected chi connectivity index (χ1v) is 13.1. The molecule has 0 aromatic heterocycles. The number of nitriles is 2. The minimum Gasteiger partial charge on any atom is -0.493 e. The highest BCUT2D eigenvalue weighted by molar-refractivity contribution is 6.26. The van der Waals surface area contributed by atoms with Crippen molar-refractivity contribution in [1.29, 1.82) is 10.5 Å². The van der Waals surface area contributed by atoms with E-state index in [1.54, 1.807) is 43.5 Å². The van der Waals surface area contributed by atoms with E-state index >= 15 is 0 Å². The van der Waals surface area contributed by atoms with Gasteiger partial charge in [-0.1, -0.05) is 31.2 Å². The van der Waals surface area contributed by atoms with Crippen LogP contribution in [0, 0.1) is 34.5 Å². The fraction of sp³-hybridized carbons (Fsp3) is 0.355. The SMILES string of the molecule is CCC12OC(CCOc3ccc(C#N)cc3)(CC1OC)C1C(=O)N(c3ccc(C#N)c4ccccc34)C(=O)C12. The molecule has 0 saturated carbocycles.